The van der Waals surface area contributed by atoms with E-state index in [1.165, 1.54) is 22.8 Å². The zero-order chi connectivity index (χ0) is 20.0. The van der Waals surface area contributed by atoms with E-state index < -0.39 is 17.0 Å². The number of aliphatic carboxylic acids is 1. The van der Waals surface area contributed by atoms with Crippen molar-refractivity contribution in [2.24, 2.45) is 4.99 Å². The van der Waals surface area contributed by atoms with E-state index in [0.29, 0.717) is 27.9 Å². The largest absolute Gasteiger partial charge is 0.480 e. The average Bonchev–Trinajstić information content (AvgIpc) is 2.89. The standard InChI is InChI=1S/C20H18FN3O3S/c1-12-15(16-9-14(21)4-5-18(16)24(12)10-20(25)26)7-13-3-6-19-17(8-13)22-11-23(2)28(19)27/h3-6,8-9,11H,7,10H2,1-2H3,(H,25,26). The van der Waals surface area contributed by atoms with Crippen LogP contribution in [0.5, 0.6) is 0 Å². The second kappa shape index (κ2) is 6.87. The summed E-state index contributed by atoms with van der Waals surface area (Å²) < 4.78 is 29.4. The molecule has 1 unspecified atom stereocenters. The van der Waals surface area contributed by atoms with Gasteiger partial charge in [0.05, 0.1) is 10.6 Å². The van der Waals surface area contributed by atoms with Crippen LogP contribution in [-0.4, -0.2) is 37.5 Å². The normalized spacial score (nSPS) is 15.8. The zero-order valence-corrected chi connectivity index (χ0v) is 16.2. The van der Waals surface area contributed by atoms with Gasteiger partial charge < -0.3 is 9.67 Å². The minimum Gasteiger partial charge on any atom is -0.480 e. The van der Waals surface area contributed by atoms with Gasteiger partial charge in [0.15, 0.2) is 11.0 Å². The third-order valence-electron chi connectivity index (χ3n) is 4.92. The van der Waals surface area contributed by atoms with Crippen LogP contribution in [0.1, 0.15) is 16.8 Å². The molecular formula is C20H18FN3O3S. The molecule has 1 aliphatic heterocycles. The topological polar surface area (TPSA) is 74.9 Å². The molecule has 0 saturated carbocycles. The quantitative estimate of drug-likeness (QED) is 0.731. The SMILES string of the molecule is Cc1c(Cc2ccc3c(c2)N=CN(C)S3=O)c2cc(F)ccc2n1CC(=O)O. The monoisotopic (exact) mass is 399 g/mol. The van der Waals surface area contributed by atoms with Gasteiger partial charge in [0, 0.05) is 23.6 Å². The van der Waals surface area contributed by atoms with E-state index in [-0.39, 0.29) is 12.4 Å². The van der Waals surface area contributed by atoms with Gasteiger partial charge in [-0.3, -0.25) is 9.10 Å². The molecule has 0 saturated heterocycles. The van der Waals surface area contributed by atoms with E-state index in [1.54, 1.807) is 23.7 Å². The Balaban J connectivity index is 1.80. The van der Waals surface area contributed by atoms with Gasteiger partial charge in [-0.2, -0.15) is 0 Å². The van der Waals surface area contributed by atoms with Gasteiger partial charge in [-0.15, -0.1) is 0 Å². The van der Waals surface area contributed by atoms with Gasteiger partial charge >= 0.3 is 5.97 Å². The molecule has 1 aliphatic rings. The molecule has 0 spiro atoms. The van der Waals surface area contributed by atoms with Crippen molar-refractivity contribution in [3.8, 4) is 0 Å². The lowest BCUT2D eigenvalue weighted by molar-refractivity contribution is -0.137. The number of fused-ring (bicyclic) bond motifs is 2. The van der Waals surface area contributed by atoms with Gasteiger partial charge in [0.1, 0.15) is 18.7 Å². The predicted octanol–water partition coefficient (Wildman–Crippen LogP) is 3.39. The minimum atomic E-state index is -1.28. The number of aromatic nitrogens is 1. The molecule has 144 valence electrons. The van der Waals surface area contributed by atoms with Crippen molar-refractivity contribution in [2.75, 3.05) is 7.05 Å². The van der Waals surface area contributed by atoms with Crippen LogP contribution in [-0.2, 0) is 28.7 Å². The molecule has 0 bridgehead atoms. The third kappa shape index (κ3) is 3.09. The summed E-state index contributed by atoms with van der Waals surface area (Å²) in [5, 5.41) is 9.94. The molecule has 1 atom stereocenters. The van der Waals surface area contributed by atoms with E-state index in [4.69, 9.17) is 0 Å². The number of carbonyl (C=O) groups is 1. The number of carboxylic acid groups (broad SMARTS) is 1. The van der Waals surface area contributed by atoms with Crippen molar-refractivity contribution in [3.63, 3.8) is 0 Å². The molecule has 2 aromatic carbocycles. The first-order valence-electron chi connectivity index (χ1n) is 8.66. The van der Waals surface area contributed by atoms with Gasteiger partial charge in [-0.1, -0.05) is 6.07 Å². The summed E-state index contributed by atoms with van der Waals surface area (Å²) in [6.07, 6.45) is 2.02. The Labute approximate surface area is 163 Å². The van der Waals surface area contributed by atoms with Crippen LogP contribution in [0, 0.1) is 12.7 Å². The molecule has 28 heavy (non-hydrogen) atoms. The maximum atomic E-state index is 13.9. The average molecular weight is 399 g/mol. The molecule has 0 radical (unpaired) electrons. The van der Waals surface area contributed by atoms with Crippen LogP contribution in [0.4, 0.5) is 10.1 Å². The second-order valence-corrected chi connectivity index (χ2v) is 8.24. The Bertz CT molecular complexity index is 1170. The number of halogens is 1. The van der Waals surface area contributed by atoms with Crippen molar-refractivity contribution in [3.05, 3.63) is 59.0 Å². The molecular weight excluding hydrogens is 381 g/mol. The lowest BCUT2D eigenvalue weighted by atomic mass is 10.0. The number of hydrogen-bond acceptors (Lipinski definition) is 3. The van der Waals surface area contributed by atoms with Gasteiger partial charge in [0.2, 0.25) is 0 Å². The third-order valence-corrected chi connectivity index (χ3v) is 6.26. The van der Waals surface area contributed by atoms with E-state index in [2.05, 4.69) is 4.99 Å². The Morgan fingerprint density at radius 3 is 2.79 bits per heavy atom. The van der Waals surface area contributed by atoms with Crippen LogP contribution >= 0.6 is 0 Å². The van der Waals surface area contributed by atoms with Gasteiger partial charge in [0.25, 0.3) is 0 Å². The summed E-state index contributed by atoms with van der Waals surface area (Å²) in [7, 11) is 0.418. The Kier molecular flexibility index (Phi) is 4.50. The summed E-state index contributed by atoms with van der Waals surface area (Å²) in [5.41, 5.74) is 3.92. The number of nitrogens with zero attached hydrogens (tertiary/aromatic N) is 3. The number of hydrogen-bond donors (Lipinski definition) is 1. The maximum Gasteiger partial charge on any atom is 0.323 e. The highest BCUT2D eigenvalue weighted by molar-refractivity contribution is 7.83. The summed E-state index contributed by atoms with van der Waals surface area (Å²) in [5.74, 6) is -1.32. The second-order valence-electron chi connectivity index (χ2n) is 6.72. The molecule has 4 rings (SSSR count). The summed E-state index contributed by atoms with van der Waals surface area (Å²) in [6.45, 7) is 1.66. The number of benzene rings is 2. The van der Waals surface area contributed by atoms with Crippen LogP contribution in [0.2, 0.25) is 0 Å². The zero-order valence-electron chi connectivity index (χ0n) is 15.3. The highest BCUT2D eigenvalue weighted by Gasteiger charge is 2.20. The van der Waals surface area contributed by atoms with Crippen molar-refractivity contribution in [1.29, 1.82) is 0 Å². The molecule has 0 amide bonds. The van der Waals surface area contributed by atoms with Crippen LogP contribution < -0.4 is 0 Å². The summed E-state index contributed by atoms with van der Waals surface area (Å²) in [4.78, 5) is 16.3. The lowest BCUT2D eigenvalue weighted by Gasteiger charge is -2.19. The molecule has 3 aromatic rings. The Morgan fingerprint density at radius 2 is 2.04 bits per heavy atom. The summed E-state index contributed by atoms with van der Waals surface area (Å²) in [6, 6.07) is 9.93. The van der Waals surface area contributed by atoms with Crippen molar-refractivity contribution >= 4 is 39.9 Å². The smallest absolute Gasteiger partial charge is 0.323 e. The number of carboxylic acids is 1. The molecule has 2 heterocycles. The first kappa shape index (κ1) is 18.4. The minimum absolute atomic E-state index is 0.187. The van der Waals surface area contributed by atoms with E-state index in [1.807, 2.05) is 19.1 Å². The molecule has 1 aromatic heterocycles. The van der Waals surface area contributed by atoms with Crippen LogP contribution in [0.3, 0.4) is 0 Å². The highest BCUT2D eigenvalue weighted by atomic mass is 32.2. The highest BCUT2D eigenvalue weighted by Crippen LogP contribution is 2.32. The number of aliphatic imine (C=N–C) groups is 1. The van der Waals surface area contributed by atoms with Crippen LogP contribution in [0.25, 0.3) is 10.9 Å². The lowest BCUT2D eigenvalue weighted by Crippen LogP contribution is -2.22. The Morgan fingerprint density at radius 1 is 1.25 bits per heavy atom. The Hall–Kier alpha value is -3.00. The van der Waals surface area contributed by atoms with Crippen molar-refractivity contribution in [2.45, 2.75) is 24.8 Å². The first-order valence-corrected chi connectivity index (χ1v) is 9.76. The predicted molar refractivity (Wildman–Crippen MR) is 106 cm³/mol. The number of rotatable bonds is 4. The molecule has 0 aliphatic carbocycles. The van der Waals surface area contributed by atoms with Crippen molar-refractivity contribution < 1.29 is 18.5 Å². The molecule has 6 nitrogen and oxygen atoms in total. The molecule has 1 N–H and O–H groups in total. The van der Waals surface area contributed by atoms with Crippen LogP contribution in [0.15, 0.2) is 46.3 Å². The fraction of sp³-hybridized carbons (Fsp3) is 0.200. The van der Waals surface area contributed by atoms with Gasteiger partial charge in [-0.25, -0.2) is 13.6 Å². The van der Waals surface area contributed by atoms with E-state index >= 15 is 0 Å². The fourth-order valence-corrected chi connectivity index (χ4v) is 4.47. The van der Waals surface area contributed by atoms with E-state index in [9.17, 15) is 18.5 Å². The fourth-order valence-electron chi connectivity index (χ4n) is 3.55. The van der Waals surface area contributed by atoms with Gasteiger partial charge in [-0.05, 0) is 54.8 Å². The maximum absolute atomic E-state index is 13.9. The molecule has 8 heteroatoms. The van der Waals surface area contributed by atoms with E-state index in [0.717, 1.165) is 16.8 Å². The first-order chi connectivity index (χ1) is 13.3. The molecule has 0 fully saturated rings. The summed E-state index contributed by atoms with van der Waals surface area (Å²) >= 11 is 0. The van der Waals surface area contributed by atoms with Crippen molar-refractivity contribution in [1.82, 2.24) is 8.87 Å².